The molecule has 6 nitrogen and oxygen atoms in total. The second kappa shape index (κ2) is 16.1. The number of methoxy groups -OCH3 is 1. The standard InChI is InChI=1S/C19H34N4O2.HI/c1-5-6-12-23(3)13-11-21-19(20-2)22-17-9-7-10-18(16-17)25-15-8-14-24-4;/h7,9-10,16H,5-6,8,11-15H2,1-4H3,(H2,20,21,22);1H. The maximum atomic E-state index is 5.73. The van der Waals surface area contributed by atoms with Gasteiger partial charge in [-0.3, -0.25) is 4.99 Å². The fourth-order valence-electron chi connectivity index (χ4n) is 2.28. The minimum absolute atomic E-state index is 0. The van der Waals surface area contributed by atoms with Crippen LogP contribution in [-0.2, 0) is 4.74 Å². The van der Waals surface area contributed by atoms with Crippen LogP contribution < -0.4 is 15.4 Å². The summed E-state index contributed by atoms with van der Waals surface area (Å²) in [6, 6.07) is 7.91. The van der Waals surface area contributed by atoms with Gasteiger partial charge in [-0.25, -0.2) is 0 Å². The number of rotatable bonds is 12. The smallest absolute Gasteiger partial charge is 0.195 e. The summed E-state index contributed by atoms with van der Waals surface area (Å²) in [5.41, 5.74) is 0.955. The van der Waals surface area contributed by atoms with Crippen molar-refractivity contribution < 1.29 is 9.47 Å². The molecule has 0 aliphatic carbocycles. The average Bonchev–Trinajstić information content (AvgIpc) is 2.63. The van der Waals surface area contributed by atoms with E-state index in [0.29, 0.717) is 13.2 Å². The molecule has 1 rings (SSSR count). The molecule has 2 N–H and O–H groups in total. The molecule has 0 heterocycles. The number of benzene rings is 1. The number of hydrogen-bond acceptors (Lipinski definition) is 4. The minimum atomic E-state index is 0. The van der Waals surface area contributed by atoms with E-state index in [1.165, 1.54) is 12.8 Å². The molecule has 1 aromatic carbocycles. The van der Waals surface area contributed by atoms with Gasteiger partial charge in [0.15, 0.2) is 5.96 Å². The number of halogens is 1. The molecule has 0 spiro atoms. The van der Waals surface area contributed by atoms with Crippen molar-refractivity contribution in [3.8, 4) is 5.75 Å². The van der Waals surface area contributed by atoms with Gasteiger partial charge in [0.2, 0.25) is 0 Å². The van der Waals surface area contributed by atoms with Crippen LogP contribution in [0.3, 0.4) is 0 Å². The zero-order valence-electron chi connectivity index (χ0n) is 16.6. The van der Waals surface area contributed by atoms with Crippen molar-refractivity contribution in [1.29, 1.82) is 0 Å². The molecule has 0 aliphatic rings. The fourth-order valence-corrected chi connectivity index (χ4v) is 2.28. The van der Waals surface area contributed by atoms with Crippen LogP contribution in [0, 0.1) is 0 Å². The van der Waals surface area contributed by atoms with Crippen molar-refractivity contribution in [3.05, 3.63) is 24.3 Å². The second-order valence-electron chi connectivity index (χ2n) is 6.00. The maximum absolute atomic E-state index is 5.73. The Morgan fingerprint density at radius 3 is 2.69 bits per heavy atom. The average molecular weight is 478 g/mol. The van der Waals surface area contributed by atoms with Gasteiger partial charge in [-0.2, -0.15) is 0 Å². The molecular weight excluding hydrogens is 443 g/mol. The number of anilines is 1. The predicted molar refractivity (Wildman–Crippen MR) is 121 cm³/mol. The second-order valence-corrected chi connectivity index (χ2v) is 6.00. The van der Waals surface area contributed by atoms with Crippen LogP contribution in [0.1, 0.15) is 26.2 Å². The highest BCUT2D eigenvalue weighted by Crippen LogP contribution is 2.17. The summed E-state index contributed by atoms with van der Waals surface area (Å²) in [5, 5.41) is 6.65. The van der Waals surface area contributed by atoms with E-state index in [4.69, 9.17) is 9.47 Å². The lowest BCUT2D eigenvalue weighted by Crippen LogP contribution is -2.37. The first-order valence-corrected chi connectivity index (χ1v) is 9.07. The van der Waals surface area contributed by atoms with E-state index in [-0.39, 0.29) is 24.0 Å². The van der Waals surface area contributed by atoms with E-state index in [1.807, 2.05) is 24.3 Å². The van der Waals surface area contributed by atoms with Crippen LogP contribution in [0.2, 0.25) is 0 Å². The molecule has 1 aromatic rings. The molecule has 0 amide bonds. The number of likely N-dealkylation sites (N-methyl/N-ethyl adjacent to an activating group) is 1. The Labute approximate surface area is 175 Å². The van der Waals surface area contributed by atoms with Crippen molar-refractivity contribution in [2.45, 2.75) is 26.2 Å². The summed E-state index contributed by atoms with van der Waals surface area (Å²) >= 11 is 0. The Morgan fingerprint density at radius 1 is 1.19 bits per heavy atom. The van der Waals surface area contributed by atoms with Crippen LogP contribution in [0.5, 0.6) is 5.75 Å². The summed E-state index contributed by atoms with van der Waals surface area (Å²) in [7, 11) is 5.63. The monoisotopic (exact) mass is 478 g/mol. The van der Waals surface area contributed by atoms with Gasteiger partial charge < -0.3 is 25.0 Å². The van der Waals surface area contributed by atoms with Gasteiger partial charge in [0.05, 0.1) is 6.61 Å². The van der Waals surface area contributed by atoms with Gasteiger partial charge in [-0.05, 0) is 32.1 Å². The highest BCUT2D eigenvalue weighted by molar-refractivity contribution is 14.0. The van der Waals surface area contributed by atoms with Crippen LogP contribution in [0.4, 0.5) is 5.69 Å². The van der Waals surface area contributed by atoms with Gasteiger partial charge in [0.25, 0.3) is 0 Å². The molecule has 26 heavy (non-hydrogen) atoms. The molecule has 0 atom stereocenters. The first kappa shape index (κ1) is 24.9. The van der Waals surface area contributed by atoms with E-state index < -0.39 is 0 Å². The van der Waals surface area contributed by atoms with Gasteiger partial charge in [-0.1, -0.05) is 19.4 Å². The molecule has 150 valence electrons. The largest absolute Gasteiger partial charge is 0.493 e. The molecule has 7 heteroatoms. The molecule has 0 unspecified atom stereocenters. The Morgan fingerprint density at radius 2 is 2.00 bits per heavy atom. The summed E-state index contributed by atoms with van der Waals surface area (Å²) < 4.78 is 10.8. The first-order valence-electron chi connectivity index (χ1n) is 9.07. The van der Waals surface area contributed by atoms with E-state index in [1.54, 1.807) is 14.2 Å². The summed E-state index contributed by atoms with van der Waals surface area (Å²) in [6.45, 7) is 6.55. The van der Waals surface area contributed by atoms with Gasteiger partial charge in [0.1, 0.15) is 5.75 Å². The molecule has 0 fully saturated rings. The summed E-state index contributed by atoms with van der Waals surface area (Å²) in [6.07, 6.45) is 3.34. The van der Waals surface area contributed by atoms with Crippen molar-refractivity contribution >= 4 is 35.6 Å². The van der Waals surface area contributed by atoms with Gasteiger partial charge in [0, 0.05) is 52.0 Å². The fraction of sp³-hybridized carbons (Fsp3) is 0.632. The molecule has 0 aromatic heterocycles. The molecular formula is C19H35IN4O2. The summed E-state index contributed by atoms with van der Waals surface area (Å²) in [5.74, 6) is 1.61. The van der Waals surface area contributed by atoms with E-state index in [2.05, 4.69) is 34.5 Å². The van der Waals surface area contributed by atoms with Crippen LogP contribution in [-0.4, -0.2) is 64.9 Å². The lowest BCUT2D eigenvalue weighted by molar-refractivity contribution is 0.172. The molecule has 0 radical (unpaired) electrons. The van der Waals surface area contributed by atoms with Crippen molar-refractivity contribution in [2.24, 2.45) is 4.99 Å². The van der Waals surface area contributed by atoms with Crippen LogP contribution in [0.25, 0.3) is 0 Å². The minimum Gasteiger partial charge on any atom is -0.493 e. The highest BCUT2D eigenvalue weighted by Gasteiger charge is 2.02. The van der Waals surface area contributed by atoms with Gasteiger partial charge >= 0.3 is 0 Å². The maximum Gasteiger partial charge on any atom is 0.195 e. The third-order valence-electron chi connectivity index (χ3n) is 3.76. The number of hydrogen-bond donors (Lipinski definition) is 2. The number of aliphatic imine (C=N–C) groups is 1. The molecule has 0 saturated heterocycles. The molecule has 0 aliphatic heterocycles. The third kappa shape index (κ3) is 11.5. The van der Waals surface area contributed by atoms with Crippen molar-refractivity contribution in [3.63, 3.8) is 0 Å². The highest BCUT2D eigenvalue weighted by atomic mass is 127. The van der Waals surface area contributed by atoms with Gasteiger partial charge in [-0.15, -0.1) is 24.0 Å². The molecule has 0 saturated carbocycles. The Bertz CT molecular complexity index is 500. The lowest BCUT2D eigenvalue weighted by Gasteiger charge is -2.18. The number of nitrogens with zero attached hydrogens (tertiary/aromatic N) is 2. The Kier molecular flexibility index (Phi) is 15.5. The van der Waals surface area contributed by atoms with Crippen LogP contribution >= 0.6 is 24.0 Å². The number of ether oxygens (including phenoxy) is 2. The first-order chi connectivity index (χ1) is 12.2. The zero-order valence-corrected chi connectivity index (χ0v) is 18.9. The van der Waals surface area contributed by atoms with Crippen molar-refractivity contribution in [1.82, 2.24) is 10.2 Å². The predicted octanol–water partition coefficient (Wildman–Crippen LogP) is 3.44. The van der Waals surface area contributed by atoms with E-state index in [0.717, 1.165) is 43.5 Å². The number of nitrogens with one attached hydrogen (secondary N) is 2. The van der Waals surface area contributed by atoms with E-state index >= 15 is 0 Å². The van der Waals surface area contributed by atoms with E-state index in [9.17, 15) is 0 Å². The topological polar surface area (TPSA) is 58.1 Å². The number of guanidine groups is 1. The third-order valence-corrected chi connectivity index (χ3v) is 3.76. The Balaban J connectivity index is 0.00000625. The van der Waals surface area contributed by atoms with Crippen molar-refractivity contribution in [2.75, 3.05) is 59.4 Å². The Hall–Kier alpha value is -1.06. The zero-order chi connectivity index (χ0) is 18.3. The number of unbranched alkanes of at least 4 members (excludes halogenated alkanes) is 1. The van der Waals surface area contributed by atoms with Crippen LogP contribution in [0.15, 0.2) is 29.3 Å². The SMILES string of the molecule is CCCCN(C)CCNC(=NC)Nc1cccc(OCCCOC)c1.I. The quantitative estimate of drug-likeness (QED) is 0.209. The molecule has 0 bridgehead atoms. The summed E-state index contributed by atoms with van der Waals surface area (Å²) in [4.78, 5) is 6.61. The lowest BCUT2D eigenvalue weighted by atomic mass is 10.3. The normalized spacial score (nSPS) is 11.2.